The van der Waals surface area contributed by atoms with E-state index in [2.05, 4.69) is 73.9 Å². The van der Waals surface area contributed by atoms with E-state index in [0.29, 0.717) is 6.54 Å². The average Bonchev–Trinajstić information content (AvgIpc) is 2.22. The summed E-state index contributed by atoms with van der Waals surface area (Å²) >= 11 is 2.27. The van der Waals surface area contributed by atoms with Gasteiger partial charge in [0.05, 0.1) is 0 Å². The molecule has 2 amide bonds. The van der Waals surface area contributed by atoms with E-state index in [1.807, 2.05) is 18.2 Å². The SMILES string of the molecule is CC(C)(C)CC(C)(C)NC(=O)NCc1cccc(I)c1. The van der Waals surface area contributed by atoms with E-state index in [-0.39, 0.29) is 17.0 Å². The molecule has 1 aromatic carbocycles. The molecule has 0 spiro atoms. The lowest BCUT2D eigenvalue weighted by molar-refractivity contribution is 0.210. The van der Waals surface area contributed by atoms with Crippen LogP contribution in [-0.4, -0.2) is 11.6 Å². The molecule has 0 unspecified atom stereocenters. The Morgan fingerprint density at radius 3 is 2.40 bits per heavy atom. The van der Waals surface area contributed by atoms with E-state index in [9.17, 15) is 4.79 Å². The van der Waals surface area contributed by atoms with Crippen molar-refractivity contribution in [2.75, 3.05) is 0 Å². The molecule has 1 aromatic rings. The predicted octanol–water partition coefficient (Wildman–Crippen LogP) is 4.31. The Balaban J connectivity index is 2.47. The molecule has 0 fully saturated rings. The molecule has 0 bridgehead atoms. The van der Waals surface area contributed by atoms with Gasteiger partial charge in [0.25, 0.3) is 0 Å². The number of urea groups is 1. The third-order valence-electron chi connectivity index (χ3n) is 2.77. The van der Waals surface area contributed by atoms with Crippen LogP contribution in [0.5, 0.6) is 0 Å². The second-order valence-electron chi connectivity index (χ2n) is 7.06. The van der Waals surface area contributed by atoms with E-state index < -0.39 is 0 Å². The fourth-order valence-electron chi connectivity index (χ4n) is 2.55. The number of carbonyl (C=O) groups is 1. The van der Waals surface area contributed by atoms with Crippen molar-refractivity contribution in [3.8, 4) is 0 Å². The number of rotatable bonds is 4. The summed E-state index contributed by atoms with van der Waals surface area (Å²) in [5.41, 5.74) is 1.08. The van der Waals surface area contributed by atoms with Gasteiger partial charge in [-0.3, -0.25) is 0 Å². The quantitative estimate of drug-likeness (QED) is 0.742. The maximum absolute atomic E-state index is 12.0. The van der Waals surface area contributed by atoms with Crippen LogP contribution in [0, 0.1) is 8.99 Å². The van der Waals surface area contributed by atoms with Gasteiger partial charge in [0.1, 0.15) is 0 Å². The van der Waals surface area contributed by atoms with Gasteiger partial charge >= 0.3 is 6.03 Å². The van der Waals surface area contributed by atoms with Gasteiger partial charge in [-0.1, -0.05) is 32.9 Å². The summed E-state index contributed by atoms with van der Waals surface area (Å²) in [4.78, 5) is 12.0. The van der Waals surface area contributed by atoms with Gasteiger partial charge in [-0.2, -0.15) is 0 Å². The molecule has 2 N–H and O–H groups in total. The third-order valence-corrected chi connectivity index (χ3v) is 3.44. The van der Waals surface area contributed by atoms with Crippen LogP contribution >= 0.6 is 22.6 Å². The second kappa shape index (κ2) is 6.78. The highest BCUT2D eigenvalue weighted by molar-refractivity contribution is 14.1. The molecule has 0 aromatic heterocycles. The minimum atomic E-state index is -0.215. The van der Waals surface area contributed by atoms with E-state index in [0.717, 1.165) is 12.0 Å². The summed E-state index contributed by atoms with van der Waals surface area (Å²) in [6.07, 6.45) is 0.927. The molecule has 1 rings (SSSR count). The highest BCUT2D eigenvalue weighted by Crippen LogP contribution is 2.26. The van der Waals surface area contributed by atoms with Gasteiger partial charge in [-0.15, -0.1) is 0 Å². The molecule has 0 aliphatic heterocycles. The van der Waals surface area contributed by atoms with Crippen molar-refractivity contribution >= 4 is 28.6 Å². The number of hydrogen-bond acceptors (Lipinski definition) is 1. The number of halogens is 1. The van der Waals surface area contributed by atoms with Gasteiger partial charge in [0.2, 0.25) is 0 Å². The molecule has 20 heavy (non-hydrogen) atoms. The largest absolute Gasteiger partial charge is 0.334 e. The molecule has 0 saturated heterocycles. The molecule has 0 atom stereocenters. The Morgan fingerprint density at radius 1 is 1.20 bits per heavy atom. The molecular weight excluding hydrogens is 363 g/mol. The molecule has 0 heterocycles. The monoisotopic (exact) mass is 388 g/mol. The van der Waals surface area contributed by atoms with Gasteiger partial charge in [0, 0.05) is 15.7 Å². The summed E-state index contributed by atoms with van der Waals surface area (Å²) < 4.78 is 1.18. The van der Waals surface area contributed by atoms with Crippen LogP contribution in [-0.2, 0) is 6.54 Å². The van der Waals surface area contributed by atoms with Crippen molar-refractivity contribution in [3.63, 3.8) is 0 Å². The molecular formula is C16H25IN2O. The number of nitrogens with one attached hydrogen (secondary N) is 2. The Kier molecular flexibility index (Phi) is 5.86. The first-order valence-corrected chi connectivity index (χ1v) is 7.96. The lowest BCUT2D eigenvalue weighted by atomic mass is 9.82. The van der Waals surface area contributed by atoms with Crippen molar-refractivity contribution in [1.82, 2.24) is 10.6 Å². The van der Waals surface area contributed by atoms with Gasteiger partial charge in [-0.25, -0.2) is 4.79 Å². The van der Waals surface area contributed by atoms with Crippen LogP contribution in [0.15, 0.2) is 24.3 Å². The van der Waals surface area contributed by atoms with Gasteiger partial charge in [-0.05, 0) is 66.0 Å². The standard InChI is InChI=1S/C16H25IN2O/c1-15(2,3)11-16(4,5)19-14(20)18-10-12-7-6-8-13(17)9-12/h6-9H,10-11H2,1-5H3,(H2,18,19,20). The fourth-order valence-corrected chi connectivity index (χ4v) is 3.16. The summed E-state index contributed by atoms with van der Waals surface area (Å²) in [5, 5.41) is 5.96. The van der Waals surface area contributed by atoms with Crippen LogP contribution in [0.1, 0.15) is 46.6 Å². The number of benzene rings is 1. The van der Waals surface area contributed by atoms with Crippen molar-refractivity contribution in [2.45, 2.75) is 53.1 Å². The zero-order chi connectivity index (χ0) is 15.4. The summed E-state index contributed by atoms with van der Waals surface area (Å²) in [6, 6.07) is 8.01. The summed E-state index contributed by atoms with van der Waals surface area (Å²) in [7, 11) is 0. The van der Waals surface area contributed by atoms with E-state index in [1.54, 1.807) is 0 Å². The van der Waals surface area contributed by atoms with Gasteiger partial charge < -0.3 is 10.6 Å². The Hall–Kier alpha value is -0.780. The molecule has 0 radical (unpaired) electrons. The maximum atomic E-state index is 12.0. The van der Waals surface area contributed by atoms with Crippen LogP contribution in [0.2, 0.25) is 0 Å². The zero-order valence-corrected chi connectivity index (χ0v) is 15.2. The minimum Gasteiger partial charge on any atom is -0.334 e. The smallest absolute Gasteiger partial charge is 0.315 e. The highest BCUT2D eigenvalue weighted by atomic mass is 127. The Labute approximate surface area is 136 Å². The average molecular weight is 388 g/mol. The molecule has 112 valence electrons. The highest BCUT2D eigenvalue weighted by Gasteiger charge is 2.26. The zero-order valence-electron chi connectivity index (χ0n) is 13.0. The summed E-state index contributed by atoms with van der Waals surface area (Å²) in [6.45, 7) is 11.2. The first kappa shape index (κ1) is 17.3. The van der Waals surface area contributed by atoms with E-state index >= 15 is 0 Å². The first-order chi connectivity index (χ1) is 9.07. The topological polar surface area (TPSA) is 41.1 Å². The normalized spacial score (nSPS) is 12.1. The minimum absolute atomic E-state index is 0.113. The maximum Gasteiger partial charge on any atom is 0.315 e. The number of carbonyl (C=O) groups excluding carboxylic acids is 1. The lowest BCUT2D eigenvalue weighted by Crippen LogP contribution is -2.49. The van der Waals surface area contributed by atoms with Crippen LogP contribution in [0.25, 0.3) is 0 Å². The van der Waals surface area contributed by atoms with Crippen LogP contribution in [0.4, 0.5) is 4.79 Å². The van der Waals surface area contributed by atoms with Crippen molar-refractivity contribution in [1.29, 1.82) is 0 Å². The molecule has 3 nitrogen and oxygen atoms in total. The second-order valence-corrected chi connectivity index (χ2v) is 8.30. The van der Waals surface area contributed by atoms with Crippen molar-refractivity contribution < 1.29 is 4.79 Å². The molecule has 4 heteroatoms. The fraction of sp³-hybridized carbons (Fsp3) is 0.562. The third kappa shape index (κ3) is 7.12. The van der Waals surface area contributed by atoms with Crippen molar-refractivity contribution in [2.24, 2.45) is 5.41 Å². The molecule has 0 saturated carbocycles. The molecule has 0 aliphatic rings. The molecule has 0 aliphatic carbocycles. The van der Waals surface area contributed by atoms with E-state index in [4.69, 9.17) is 0 Å². The van der Waals surface area contributed by atoms with Crippen LogP contribution in [0.3, 0.4) is 0 Å². The van der Waals surface area contributed by atoms with Crippen LogP contribution < -0.4 is 10.6 Å². The number of amides is 2. The summed E-state index contributed by atoms with van der Waals surface area (Å²) in [5.74, 6) is 0. The Bertz CT molecular complexity index is 464. The Morgan fingerprint density at radius 2 is 1.85 bits per heavy atom. The first-order valence-electron chi connectivity index (χ1n) is 6.88. The van der Waals surface area contributed by atoms with E-state index in [1.165, 1.54) is 3.57 Å². The predicted molar refractivity (Wildman–Crippen MR) is 92.7 cm³/mol. The lowest BCUT2D eigenvalue weighted by Gasteiger charge is -2.33. The van der Waals surface area contributed by atoms with Gasteiger partial charge in [0.15, 0.2) is 0 Å². The van der Waals surface area contributed by atoms with Crippen molar-refractivity contribution in [3.05, 3.63) is 33.4 Å². The number of hydrogen-bond donors (Lipinski definition) is 2.